The molecule has 2 amide bonds. The first kappa shape index (κ1) is 26.1. The molecule has 0 heterocycles. The highest BCUT2D eigenvalue weighted by atomic mass is 35.5. The molecule has 0 aliphatic carbocycles. The van der Waals surface area contributed by atoms with E-state index in [4.69, 9.17) is 34.8 Å². The summed E-state index contributed by atoms with van der Waals surface area (Å²) in [4.78, 5) is 28.5. The Kier molecular flexibility index (Phi) is 9.82. The fraction of sp³-hybridized carbons (Fsp3) is 0.259. The van der Waals surface area contributed by atoms with E-state index in [1.54, 1.807) is 35.2 Å². The molecule has 3 aromatic rings. The third-order valence-electron chi connectivity index (χ3n) is 5.44. The Balaban J connectivity index is 1.97. The Labute approximate surface area is 215 Å². The molecule has 1 N–H and O–H groups in total. The number of nitrogens with one attached hydrogen (secondary N) is 1. The zero-order valence-electron chi connectivity index (χ0n) is 18.9. The predicted octanol–water partition coefficient (Wildman–Crippen LogP) is 6.36. The Hall–Kier alpha value is -2.53. The quantitative estimate of drug-likeness (QED) is 0.340. The van der Waals surface area contributed by atoms with E-state index in [0.29, 0.717) is 28.0 Å². The lowest BCUT2D eigenvalue weighted by atomic mass is 10.0. The van der Waals surface area contributed by atoms with Crippen molar-refractivity contribution in [1.82, 2.24) is 10.2 Å². The van der Waals surface area contributed by atoms with Crippen LogP contribution in [-0.2, 0) is 29.0 Å². The third kappa shape index (κ3) is 7.49. The molecule has 7 heteroatoms. The molecule has 0 fully saturated rings. The molecule has 0 bridgehead atoms. The SMILES string of the molecule is CCCNC(=O)[C@H](Cc1ccccc1)N(Cc1ccc(Cl)cc1Cl)C(=O)Cc1ccc(Cl)cc1. The van der Waals surface area contributed by atoms with Crippen LogP contribution in [-0.4, -0.2) is 29.3 Å². The molecule has 0 aliphatic rings. The Morgan fingerprint density at radius 2 is 1.56 bits per heavy atom. The van der Waals surface area contributed by atoms with Gasteiger partial charge in [0.1, 0.15) is 6.04 Å². The van der Waals surface area contributed by atoms with Gasteiger partial charge in [-0.15, -0.1) is 0 Å². The fourth-order valence-electron chi connectivity index (χ4n) is 3.63. The summed E-state index contributed by atoms with van der Waals surface area (Å²) in [7, 11) is 0. The zero-order valence-corrected chi connectivity index (χ0v) is 21.2. The maximum Gasteiger partial charge on any atom is 0.243 e. The molecule has 4 nitrogen and oxygen atoms in total. The monoisotopic (exact) mass is 516 g/mol. The number of hydrogen-bond donors (Lipinski definition) is 1. The third-order valence-corrected chi connectivity index (χ3v) is 6.28. The van der Waals surface area contributed by atoms with Crippen molar-refractivity contribution in [3.05, 3.63) is 105 Å². The molecular weight excluding hydrogens is 491 g/mol. The molecule has 0 radical (unpaired) electrons. The molecule has 3 rings (SSSR count). The number of carbonyl (C=O) groups excluding carboxylic acids is 2. The van der Waals surface area contributed by atoms with Crippen LogP contribution in [0.15, 0.2) is 72.8 Å². The molecule has 0 spiro atoms. The van der Waals surface area contributed by atoms with Crippen molar-refractivity contribution >= 4 is 46.6 Å². The summed E-state index contributed by atoms with van der Waals surface area (Å²) in [5, 5.41) is 4.52. The summed E-state index contributed by atoms with van der Waals surface area (Å²) in [5.74, 6) is -0.374. The van der Waals surface area contributed by atoms with Gasteiger partial charge in [-0.2, -0.15) is 0 Å². The lowest BCUT2D eigenvalue weighted by Gasteiger charge is -2.32. The molecule has 0 aliphatic heterocycles. The van der Waals surface area contributed by atoms with E-state index in [1.807, 2.05) is 49.4 Å². The van der Waals surface area contributed by atoms with E-state index in [2.05, 4.69) is 5.32 Å². The molecule has 3 aromatic carbocycles. The van der Waals surface area contributed by atoms with Crippen LogP contribution in [0.4, 0.5) is 0 Å². The molecule has 0 aromatic heterocycles. The van der Waals surface area contributed by atoms with Crippen molar-refractivity contribution in [2.24, 2.45) is 0 Å². The standard InChI is InChI=1S/C27H27Cl3N2O2/c1-2-14-31-27(34)25(15-19-6-4-3-5-7-19)32(18-21-10-13-23(29)17-24(21)30)26(33)16-20-8-11-22(28)12-9-20/h3-13,17,25H,2,14-16,18H2,1H3,(H,31,34)/t25-/m0/s1. The van der Waals surface area contributed by atoms with Crippen LogP contribution in [0.1, 0.15) is 30.0 Å². The van der Waals surface area contributed by atoms with Crippen LogP contribution in [0.2, 0.25) is 15.1 Å². The maximum absolute atomic E-state index is 13.6. The largest absolute Gasteiger partial charge is 0.354 e. The predicted molar refractivity (Wildman–Crippen MR) is 139 cm³/mol. The molecular formula is C27H27Cl3N2O2. The highest BCUT2D eigenvalue weighted by molar-refractivity contribution is 6.35. The molecule has 0 unspecified atom stereocenters. The number of hydrogen-bond acceptors (Lipinski definition) is 2. The number of rotatable bonds is 10. The number of halogens is 3. The van der Waals surface area contributed by atoms with Crippen molar-refractivity contribution in [3.8, 4) is 0 Å². The molecule has 34 heavy (non-hydrogen) atoms. The summed E-state index contributed by atoms with van der Waals surface area (Å²) in [6, 6.07) is 21.3. The summed E-state index contributed by atoms with van der Waals surface area (Å²) < 4.78 is 0. The van der Waals surface area contributed by atoms with E-state index in [9.17, 15) is 9.59 Å². The number of nitrogens with zero attached hydrogens (tertiary/aromatic N) is 1. The minimum atomic E-state index is -0.708. The molecule has 1 atom stereocenters. The Bertz CT molecular complexity index is 1100. The van der Waals surface area contributed by atoms with Crippen LogP contribution in [0.3, 0.4) is 0 Å². The van der Waals surface area contributed by atoms with Gasteiger partial charge in [-0.05, 0) is 47.4 Å². The average molecular weight is 518 g/mol. The minimum Gasteiger partial charge on any atom is -0.354 e. The maximum atomic E-state index is 13.6. The number of carbonyl (C=O) groups is 2. The second-order valence-electron chi connectivity index (χ2n) is 8.06. The van der Waals surface area contributed by atoms with Crippen molar-refractivity contribution in [2.75, 3.05) is 6.54 Å². The lowest BCUT2D eigenvalue weighted by molar-refractivity contribution is -0.140. The minimum absolute atomic E-state index is 0.134. The lowest BCUT2D eigenvalue weighted by Crippen LogP contribution is -2.51. The van der Waals surface area contributed by atoms with E-state index in [0.717, 1.165) is 23.1 Å². The number of benzene rings is 3. The van der Waals surface area contributed by atoms with Gasteiger partial charge in [0.15, 0.2) is 0 Å². The first-order valence-electron chi connectivity index (χ1n) is 11.2. The summed E-state index contributed by atoms with van der Waals surface area (Å²) in [6.45, 7) is 2.70. The first-order chi connectivity index (χ1) is 16.4. The summed E-state index contributed by atoms with van der Waals surface area (Å²) >= 11 is 18.5. The van der Waals surface area contributed by atoms with Gasteiger partial charge in [-0.25, -0.2) is 0 Å². The van der Waals surface area contributed by atoms with Crippen LogP contribution in [0.25, 0.3) is 0 Å². The topological polar surface area (TPSA) is 49.4 Å². The second-order valence-corrected chi connectivity index (χ2v) is 9.34. The van der Waals surface area contributed by atoms with Crippen LogP contribution >= 0.6 is 34.8 Å². The Morgan fingerprint density at radius 3 is 2.21 bits per heavy atom. The van der Waals surface area contributed by atoms with Gasteiger partial charge in [-0.3, -0.25) is 9.59 Å². The molecule has 0 saturated heterocycles. The first-order valence-corrected chi connectivity index (χ1v) is 12.3. The van der Waals surface area contributed by atoms with E-state index in [-0.39, 0.29) is 24.8 Å². The highest BCUT2D eigenvalue weighted by Gasteiger charge is 2.30. The average Bonchev–Trinajstić information content (AvgIpc) is 2.83. The van der Waals surface area contributed by atoms with Gasteiger partial charge in [0.05, 0.1) is 6.42 Å². The van der Waals surface area contributed by atoms with E-state index >= 15 is 0 Å². The van der Waals surface area contributed by atoms with E-state index < -0.39 is 6.04 Å². The van der Waals surface area contributed by atoms with Crippen molar-refractivity contribution in [1.29, 1.82) is 0 Å². The second kappa shape index (κ2) is 12.8. The van der Waals surface area contributed by atoms with Crippen molar-refractivity contribution in [2.45, 2.75) is 38.8 Å². The normalized spacial score (nSPS) is 11.6. The van der Waals surface area contributed by atoms with Gasteiger partial charge >= 0.3 is 0 Å². The fourth-order valence-corrected chi connectivity index (χ4v) is 4.23. The summed E-state index contributed by atoms with van der Waals surface area (Å²) in [5.41, 5.74) is 2.50. The van der Waals surface area contributed by atoms with Gasteiger partial charge in [0.2, 0.25) is 11.8 Å². The van der Waals surface area contributed by atoms with Crippen molar-refractivity contribution in [3.63, 3.8) is 0 Å². The summed E-state index contributed by atoms with van der Waals surface area (Å²) in [6.07, 6.45) is 1.31. The smallest absolute Gasteiger partial charge is 0.243 e. The Morgan fingerprint density at radius 1 is 0.882 bits per heavy atom. The van der Waals surface area contributed by atoms with E-state index in [1.165, 1.54) is 0 Å². The number of amides is 2. The molecule has 0 saturated carbocycles. The highest BCUT2D eigenvalue weighted by Crippen LogP contribution is 2.24. The van der Waals surface area contributed by atoms with Crippen LogP contribution in [0.5, 0.6) is 0 Å². The van der Waals surface area contributed by atoms with Gasteiger partial charge in [-0.1, -0.05) is 90.3 Å². The van der Waals surface area contributed by atoms with Gasteiger partial charge in [0, 0.05) is 34.6 Å². The van der Waals surface area contributed by atoms with Crippen molar-refractivity contribution < 1.29 is 9.59 Å². The van der Waals surface area contributed by atoms with Crippen LogP contribution < -0.4 is 5.32 Å². The molecule has 178 valence electrons. The van der Waals surface area contributed by atoms with Crippen LogP contribution in [0, 0.1) is 0 Å². The van der Waals surface area contributed by atoms with Gasteiger partial charge < -0.3 is 10.2 Å². The van der Waals surface area contributed by atoms with Gasteiger partial charge in [0.25, 0.3) is 0 Å². The zero-order chi connectivity index (χ0) is 24.5.